The SMILES string of the molecule is N#Cc1ccc2c(c1)c1cc(C#N)ccc1n2-c1ccc(-c2c(C(F)(F)F)cccc2C(F)(F)F)c(-n2c3ccc(C#N)cc3c3cc(C#N)ccc32)c1C#N. The Balaban J connectivity index is 1.63. The first-order valence-electron chi connectivity index (χ1n) is 16.5. The van der Waals surface area contributed by atoms with Gasteiger partial charge in [-0.25, -0.2) is 0 Å². The summed E-state index contributed by atoms with van der Waals surface area (Å²) in [6.45, 7) is 0. The van der Waals surface area contributed by atoms with Crippen molar-refractivity contribution in [3.05, 3.63) is 142 Å². The highest BCUT2D eigenvalue weighted by Gasteiger charge is 2.42. The number of nitriles is 5. The molecule has 8 aromatic rings. The number of alkyl halides is 6. The topological polar surface area (TPSA) is 129 Å². The minimum absolute atomic E-state index is 0.0657. The van der Waals surface area contributed by atoms with Crippen LogP contribution in [0.3, 0.4) is 0 Å². The van der Waals surface area contributed by atoms with Gasteiger partial charge in [-0.2, -0.15) is 52.7 Å². The summed E-state index contributed by atoms with van der Waals surface area (Å²) in [5, 5.41) is 51.8. The summed E-state index contributed by atoms with van der Waals surface area (Å²) in [6.07, 6.45) is -10.5. The van der Waals surface area contributed by atoms with Crippen LogP contribution < -0.4 is 0 Å². The third-order valence-corrected chi connectivity index (χ3v) is 9.72. The van der Waals surface area contributed by atoms with E-state index in [1.807, 2.05) is 12.1 Å². The average Bonchev–Trinajstić information content (AvgIpc) is 3.69. The lowest BCUT2D eigenvalue weighted by molar-refractivity contribution is -0.142. The fourth-order valence-corrected chi connectivity index (χ4v) is 7.45. The summed E-state index contributed by atoms with van der Waals surface area (Å²) in [6, 6.07) is 32.6. The van der Waals surface area contributed by atoms with Gasteiger partial charge in [-0.1, -0.05) is 12.1 Å². The number of hydrogen-bond donors (Lipinski definition) is 0. The number of hydrogen-bond acceptors (Lipinski definition) is 5. The van der Waals surface area contributed by atoms with Gasteiger partial charge < -0.3 is 9.13 Å². The van der Waals surface area contributed by atoms with Gasteiger partial charge in [0, 0.05) is 32.7 Å². The molecule has 0 saturated heterocycles. The van der Waals surface area contributed by atoms with E-state index >= 15 is 0 Å². The summed E-state index contributed by atoms with van der Waals surface area (Å²) < 4.78 is 92.1. The Morgan fingerprint density at radius 3 is 1.14 bits per heavy atom. The average molecular weight is 746 g/mol. The van der Waals surface area contributed by atoms with Crippen molar-refractivity contribution in [2.45, 2.75) is 12.4 Å². The molecule has 7 nitrogen and oxygen atoms in total. The van der Waals surface area contributed by atoms with Crippen molar-refractivity contribution in [1.82, 2.24) is 9.13 Å². The highest BCUT2D eigenvalue weighted by Crippen LogP contribution is 2.49. The third kappa shape index (κ3) is 5.25. The molecule has 6 aromatic carbocycles. The molecule has 0 aliphatic rings. The van der Waals surface area contributed by atoms with Gasteiger partial charge in [0.2, 0.25) is 0 Å². The lowest BCUT2D eigenvalue weighted by Gasteiger charge is -2.24. The van der Waals surface area contributed by atoms with Crippen LogP contribution in [0.4, 0.5) is 26.3 Å². The Labute approximate surface area is 312 Å². The fraction of sp³-hybridized carbons (Fsp3) is 0.0465. The molecule has 0 aliphatic carbocycles. The molecule has 0 spiro atoms. The van der Waals surface area contributed by atoms with E-state index in [-0.39, 0.29) is 50.2 Å². The Hall–Kier alpha value is -8.05. The van der Waals surface area contributed by atoms with Crippen molar-refractivity contribution in [3.8, 4) is 52.8 Å². The molecule has 0 aliphatic heterocycles. The normalized spacial score (nSPS) is 11.7. The monoisotopic (exact) mass is 745 g/mol. The number of fused-ring (bicyclic) bond motifs is 6. The summed E-state index contributed by atoms with van der Waals surface area (Å²) >= 11 is 0. The van der Waals surface area contributed by atoms with E-state index in [1.54, 1.807) is 28.8 Å². The Morgan fingerprint density at radius 2 is 0.804 bits per heavy atom. The molecule has 8 rings (SSSR count). The van der Waals surface area contributed by atoms with Gasteiger partial charge in [-0.15, -0.1) is 0 Å². The molecule has 0 atom stereocenters. The van der Waals surface area contributed by atoms with Crippen molar-refractivity contribution >= 4 is 43.6 Å². The van der Waals surface area contributed by atoms with Crippen LogP contribution in [-0.2, 0) is 12.4 Å². The molecule has 0 fully saturated rings. The first-order chi connectivity index (χ1) is 26.8. The Bertz CT molecular complexity index is 3060. The lowest BCUT2D eigenvalue weighted by atomic mass is 9.90. The predicted molar refractivity (Wildman–Crippen MR) is 194 cm³/mol. The van der Waals surface area contributed by atoms with Gasteiger partial charge in [-0.3, -0.25) is 0 Å². The van der Waals surface area contributed by atoms with E-state index in [0.29, 0.717) is 50.8 Å². The molecule has 0 saturated carbocycles. The van der Waals surface area contributed by atoms with E-state index < -0.39 is 34.6 Å². The molecule has 56 heavy (non-hydrogen) atoms. The van der Waals surface area contributed by atoms with Gasteiger partial charge in [-0.05, 0) is 91.0 Å². The standard InChI is InChI=1S/C43H17F6N7/c44-42(45,46)33-2-1-3-34(43(47,48)49)40(33)27-8-13-39(55-35-9-4-23(18-50)14-28(35)29-15-24(19-51)5-10-36(29)55)32(22-54)41(27)56-37-11-6-25(20-52)16-30(37)31-17-26(21-53)7-12-38(31)56/h1-17H. The molecular weight excluding hydrogens is 729 g/mol. The summed E-state index contributed by atoms with van der Waals surface area (Å²) in [5.74, 6) is 0. The zero-order valence-corrected chi connectivity index (χ0v) is 28.2. The smallest absolute Gasteiger partial charge is 0.308 e. The van der Waals surface area contributed by atoms with Gasteiger partial charge >= 0.3 is 12.4 Å². The molecule has 2 aromatic heterocycles. The van der Waals surface area contributed by atoms with Gasteiger partial charge in [0.1, 0.15) is 11.6 Å². The Kier molecular flexibility index (Phi) is 7.83. The molecule has 0 N–H and O–H groups in total. The molecule has 0 amide bonds. The second kappa shape index (κ2) is 12.5. The van der Waals surface area contributed by atoms with E-state index in [0.717, 1.165) is 6.07 Å². The number of rotatable bonds is 3. The minimum Gasteiger partial charge on any atom is -0.308 e. The first-order valence-corrected chi connectivity index (χ1v) is 16.5. The molecule has 0 bridgehead atoms. The van der Waals surface area contributed by atoms with E-state index in [2.05, 4.69) is 18.2 Å². The van der Waals surface area contributed by atoms with Crippen LogP contribution in [0.25, 0.3) is 66.1 Å². The Morgan fingerprint density at radius 1 is 0.429 bits per heavy atom. The number of nitrogens with zero attached hydrogens (tertiary/aromatic N) is 7. The van der Waals surface area contributed by atoms with Crippen LogP contribution in [0, 0.1) is 56.7 Å². The summed E-state index contributed by atoms with van der Waals surface area (Å²) in [4.78, 5) is 0. The minimum atomic E-state index is -5.27. The van der Waals surface area contributed by atoms with Crippen LogP contribution in [0.15, 0.2) is 103 Å². The second-order valence-corrected chi connectivity index (χ2v) is 12.7. The predicted octanol–water partition coefficient (Wildman–Crippen LogP) is 10.9. The van der Waals surface area contributed by atoms with Gasteiger partial charge in [0.15, 0.2) is 0 Å². The van der Waals surface area contributed by atoms with Gasteiger partial charge in [0.05, 0.1) is 91.1 Å². The van der Waals surface area contributed by atoms with E-state index in [4.69, 9.17) is 0 Å². The lowest BCUT2D eigenvalue weighted by Crippen LogP contribution is -2.16. The van der Waals surface area contributed by atoms with Crippen molar-refractivity contribution in [3.63, 3.8) is 0 Å². The number of aromatic nitrogens is 2. The van der Waals surface area contributed by atoms with Crippen molar-refractivity contribution < 1.29 is 26.3 Å². The highest BCUT2D eigenvalue weighted by atomic mass is 19.4. The van der Waals surface area contributed by atoms with E-state index in [1.165, 1.54) is 59.2 Å². The third-order valence-electron chi connectivity index (χ3n) is 9.72. The quantitative estimate of drug-likeness (QED) is 0.166. The summed E-state index contributed by atoms with van der Waals surface area (Å²) in [5.41, 5.74) is -3.32. The maximum Gasteiger partial charge on any atom is 0.417 e. The van der Waals surface area contributed by atoms with E-state index in [9.17, 15) is 52.7 Å². The van der Waals surface area contributed by atoms with Crippen LogP contribution in [0.2, 0.25) is 0 Å². The molecule has 2 heterocycles. The highest BCUT2D eigenvalue weighted by molar-refractivity contribution is 6.12. The summed E-state index contributed by atoms with van der Waals surface area (Å²) in [7, 11) is 0. The van der Waals surface area contributed by atoms with Crippen LogP contribution in [-0.4, -0.2) is 9.13 Å². The molecule has 0 radical (unpaired) electrons. The van der Waals surface area contributed by atoms with Crippen LogP contribution in [0.5, 0.6) is 0 Å². The second-order valence-electron chi connectivity index (χ2n) is 12.7. The van der Waals surface area contributed by atoms with Crippen LogP contribution >= 0.6 is 0 Å². The molecule has 0 unspecified atom stereocenters. The largest absolute Gasteiger partial charge is 0.417 e. The first kappa shape index (κ1) is 35.0. The van der Waals surface area contributed by atoms with Gasteiger partial charge in [0.25, 0.3) is 0 Å². The van der Waals surface area contributed by atoms with Crippen molar-refractivity contribution in [2.75, 3.05) is 0 Å². The zero-order valence-electron chi connectivity index (χ0n) is 28.2. The molecular formula is C43H17F6N7. The van der Waals surface area contributed by atoms with Crippen molar-refractivity contribution in [1.29, 1.82) is 26.3 Å². The number of benzene rings is 6. The maximum absolute atomic E-state index is 14.9. The molecule has 13 heteroatoms. The van der Waals surface area contributed by atoms with Crippen molar-refractivity contribution in [2.24, 2.45) is 0 Å². The number of halogens is 6. The maximum atomic E-state index is 14.9. The fourth-order valence-electron chi connectivity index (χ4n) is 7.45. The zero-order chi connectivity index (χ0) is 39.7. The molecule has 266 valence electrons. The van der Waals surface area contributed by atoms with Crippen LogP contribution in [0.1, 0.15) is 38.9 Å².